The molecule has 1 aromatic rings. The van der Waals surface area contributed by atoms with Gasteiger partial charge in [0.1, 0.15) is 5.60 Å². The highest BCUT2D eigenvalue weighted by Crippen LogP contribution is 2.27. The van der Waals surface area contributed by atoms with Gasteiger partial charge in [0.2, 0.25) is 0 Å². The van der Waals surface area contributed by atoms with Crippen molar-refractivity contribution < 1.29 is 5.11 Å². The molecule has 0 saturated heterocycles. The van der Waals surface area contributed by atoms with E-state index in [-0.39, 0.29) is 6.54 Å². The van der Waals surface area contributed by atoms with E-state index in [9.17, 15) is 5.11 Å². The largest absolute Gasteiger partial charge is 0.384 e. The van der Waals surface area contributed by atoms with E-state index in [2.05, 4.69) is 0 Å². The summed E-state index contributed by atoms with van der Waals surface area (Å²) in [6.45, 7) is 6.30. The molecule has 0 bridgehead atoms. The lowest BCUT2D eigenvalue weighted by Crippen LogP contribution is -2.35. The Kier molecular flexibility index (Phi) is 3.29. The van der Waals surface area contributed by atoms with Crippen molar-refractivity contribution in [3.05, 3.63) is 34.9 Å². The third-order valence-electron chi connectivity index (χ3n) is 3.03. The molecule has 1 aromatic carbocycles. The van der Waals surface area contributed by atoms with E-state index >= 15 is 0 Å². The van der Waals surface area contributed by atoms with Gasteiger partial charge >= 0.3 is 0 Å². The van der Waals surface area contributed by atoms with Crippen molar-refractivity contribution >= 4 is 0 Å². The minimum Gasteiger partial charge on any atom is -0.384 e. The maximum Gasteiger partial charge on any atom is 0.102 e. The molecule has 0 fully saturated rings. The van der Waals surface area contributed by atoms with Crippen LogP contribution in [0.5, 0.6) is 0 Å². The molecule has 0 aliphatic rings. The Balaban J connectivity index is 3.24. The average Bonchev–Trinajstić information content (AvgIpc) is 2.21. The number of nitrogens with two attached hydrogens (primary N) is 1. The molecule has 1 rings (SSSR count). The van der Waals surface area contributed by atoms with Gasteiger partial charge in [0.15, 0.2) is 0 Å². The lowest BCUT2D eigenvalue weighted by atomic mass is 9.86. The first-order valence-corrected chi connectivity index (χ1v) is 5.04. The predicted molar refractivity (Wildman–Crippen MR) is 59.2 cm³/mol. The van der Waals surface area contributed by atoms with Crippen molar-refractivity contribution in [1.82, 2.24) is 0 Å². The zero-order chi connectivity index (χ0) is 10.8. The lowest BCUT2D eigenvalue weighted by Gasteiger charge is -2.27. The van der Waals surface area contributed by atoms with Crippen molar-refractivity contribution in [1.29, 1.82) is 0 Å². The summed E-state index contributed by atoms with van der Waals surface area (Å²) in [7, 11) is 0. The van der Waals surface area contributed by atoms with Crippen molar-refractivity contribution in [2.45, 2.75) is 32.8 Å². The standard InChI is InChI=1S/C12H19NO/c1-4-12(14,8-13)11-7-5-6-9(2)10(11)3/h5-7,14H,4,8,13H2,1-3H3. The Morgan fingerprint density at radius 1 is 1.36 bits per heavy atom. The van der Waals surface area contributed by atoms with Gasteiger partial charge in [0, 0.05) is 6.54 Å². The van der Waals surface area contributed by atoms with Crippen LogP contribution in [0.25, 0.3) is 0 Å². The van der Waals surface area contributed by atoms with Crippen LogP contribution < -0.4 is 5.73 Å². The quantitative estimate of drug-likeness (QED) is 0.769. The van der Waals surface area contributed by atoms with Crippen LogP contribution in [0.4, 0.5) is 0 Å². The minimum absolute atomic E-state index is 0.272. The molecule has 0 aromatic heterocycles. The van der Waals surface area contributed by atoms with Gasteiger partial charge in [-0.05, 0) is 37.0 Å². The van der Waals surface area contributed by atoms with Gasteiger partial charge in [-0.1, -0.05) is 25.1 Å². The van der Waals surface area contributed by atoms with Crippen LogP contribution in [0.3, 0.4) is 0 Å². The first-order valence-electron chi connectivity index (χ1n) is 5.04. The molecule has 0 aliphatic carbocycles. The van der Waals surface area contributed by atoms with Crippen LogP contribution in [0.2, 0.25) is 0 Å². The minimum atomic E-state index is -0.865. The Hall–Kier alpha value is -0.860. The van der Waals surface area contributed by atoms with Crippen LogP contribution >= 0.6 is 0 Å². The Morgan fingerprint density at radius 2 is 2.00 bits per heavy atom. The molecule has 0 heterocycles. The number of rotatable bonds is 3. The molecular formula is C12H19NO. The molecule has 1 atom stereocenters. The third-order valence-corrected chi connectivity index (χ3v) is 3.03. The summed E-state index contributed by atoms with van der Waals surface area (Å²) in [6, 6.07) is 5.97. The summed E-state index contributed by atoms with van der Waals surface area (Å²) in [4.78, 5) is 0. The Labute approximate surface area is 85.8 Å². The second-order valence-electron chi connectivity index (χ2n) is 3.84. The summed E-state index contributed by atoms with van der Waals surface area (Å²) in [6.07, 6.45) is 0.647. The van der Waals surface area contributed by atoms with Gasteiger partial charge in [-0.2, -0.15) is 0 Å². The van der Waals surface area contributed by atoms with Crippen LogP contribution in [-0.4, -0.2) is 11.7 Å². The highest BCUT2D eigenvalue weighted by Gasteiger charge is 2.26. The van der Waals surface area contributed by atoms with Crippen molar-refractivity contribution in [3.63, 3.8) is 0 Å². The zero-order valence-corrected chi connectivity index (χ0v) is 9.17. The van der Waals surface area contributed by atoms with E-state index in [1.807, 2.05) is 39.0 Å². The number of hydrogen-bond acceptors (Lipinski definition) is 2. The van der Waals surface area contributed by atoms with E-state index in [0.717, 1.165) is 11.1 Å². The van der Waals surface area contributed by atoms with Crippen molar-refractivity contribution in [2.24, 2.45) is 5.73 Å². The van der Waals surface area contributed by atoms with E-state index in [1.54, 1.807) is 0 Å². The summed E-state index contributed by atoms with van der Waals surface area (Å²) < 4.78 is 0. The monoisotopic (exact) mass is 193 g/mol. The fourth-order valence-corrected chi connectivity index (χ4v) is 1.70. The van der Waals surface area contributed by atoms with Gasteiger partial charge in [0.25, 0.3) is 0 Å². The van der Waals surface area contributed by atoms with E-state index in [0.29, 0.717) is 6.42 Å². The summed E-state index contributed by atoms with van der Waals surface area (Å²) in [5, 5.41) is 10.3. The van der Waals surface area contributed by atoms with Crippen LogP contribution in [0, 0.1) is 13.8 Å². The van der Waals surface area contributed by atoms with Gasteiger partial charge in [0.05, 0.1) is 0 Å². The zero-order valence-electron chi connectivity index (χ0n) is 9.17. The van der Waals surface area contributed by atoms with Gasteiger partial charge in [-0.15, -0.1) is 0 Å². The molecule has 0 spiro atoms. The fraction of sp³-hybridized carbons (Fsp3) is 0.500. The Morgan fingerprint density at radius 3 is 2.50 bits per heavy atom. The highest BCUT2D eigenvalue weighted by molar-refractivity contribution is 5.37. The second-order valence-corrected chi connectivity index (χ2v) is 3.84. The van der Waals surface area contributed by atoms with Crippen LogP contribution in [0.15, 0.2) is 18.2 Å². The maximum atomic E-state index is 10.3. The topological polar surface area (TPSA) is 46.2 Å². The van der Waals surface area contributed by atoms with Gasteiger partial charge < -0.3 is 10.8 Å². The predicted octanol–water partition coefficient (Wildman–Crippen LogP) is 1.86. The molecule has 3 N–H and O–H groups in total. The molecule has 0 amide bonds. The van der Waals surface area contributed by atoms with Crippen LogP contribution in [0.1, 0.15) is 30.0 Å². The highest BCUT2D eigenvalue weighted by atomic mass is 16.3. The molecule has 2 nitrogen and oxygen atoms in total. The fourth-order valence-electron chi connectivity index (χ4n) is 1.70. The van der Waals surface area contributed by atoms with Gasteiger partial charge in [-0.25, -0.2) is 0 Å². The lowest BCUT2D eigenvalue weighted by molar-refractivity contribution is 0.0412. The summed E-state index contributed by atoms with van der Waals surface area (Å²) >= 11 is 0. The summed E-state index contributed by atoms with van der Waals surface area (Å²) in [5.41, 5.74) is 8.05. The maximum absolute atomic E-state index is 10.3. The molecule has 2 heteroatoms. The normalized spacial score (nSPS) is 15.2. The summed E-state index contributed by atoms with van der Waals surface area (Å²) in [5.74, 6) is 0. The van der Waals surface area contributed by atoms with E-state index < -0.39 is 5.60 Å². The molecule has 78 valence electrons. The molecule has 0 saturated carbocycles. The number of aliphatic hydroxyl groups is 1. The van der Waals surface area contributed by atoms with Crippen molar-refractivity contribution in [2.75, 3.05) is 6.54 Å². The number of aryl methyl sites for hydroxylation is 1. The SMILES string of the molecule is CCC(O)(CN)c1cccc(C)c1C. The van der Waals surface area contributed by atoms with Crippen molar-refractivity contribution in [3.8, 4) is 0 Å². The molecule has 0 aliphatic heterocycles. The van der Waals surface area contributed by atoms with Crippen LogP contribution in [-0.2, 0) is 5.60 Å². The molecule has 1 unspecified atom stereocenters. The molecule has 14 heavy (non-hydrogen) atoms. The first-order chi connectivity index (χ1) is 6.55. The smallest absolute Gasteiger partial charge is 0.102 e. The number of benzene rings is 1. The second kappa shape index (κ2) is 4.11. The van der Waals surface area contributed by atoms with Gasteiger partial charge in [-0.3, -0.25) is 0 Å². The number of hydrogen-bond donors (Lipinski definition) is 2. The first kappa shape index (κ1) is 11.2. The third kappa shape index (κ3) is 1.81. The molecule has 0 radical (unpaired) electrons. The average molecular weight is 193 g/mol. The molecular weight excluding hydrogens is 174 g/mol. The van der Waals surface area contributed by atoms with E-state index in [1.165, 1.54) is 5.56 Å². The van der Waals surface area contributed by atoms with E-state index in [4.69, 9.17) is 5.73 Å². The Bertz CT molecular complexity index is 316.